The van der Waals surface area contributed by atoms with Gasteiger partial charge in [-0.15, -0.1) is 0 Å². The van der Waals surface area contributed by atoms with Crippen molar-refractivity contribution < 1.29 is 27.8 Å². The van der Waals surface area contributed by atoms with E-state index in [9.17, 15) is 18.3 Å². The summed E-state index contributed by atoms with van der Waals surface area (Å²) >= 11 is 0. The maximum Gasteiger partial charge on any atom is 0.262 e. The first-order valence-electron chi connectivity index (χ1n) is 10.5. The first-order chi connectivity index (χ1) is 15.9. The summed E-state index contributed by atoms with van der Waals surface area (Å²) in [5.74, 6) is 1.02. The number of ether oxygens (including phenoxy) is 2. The topological polar surface area (TPSA) is 105 Å². The Balaban J connectivity index is 1.35. The molecule has 8 nitrogen and oxygen atoms in total. The van der Waals surface area contributed by atoms with E-state index in [1.54, 1.807) is 24.3 Å². The number of carbonyl (C=O) groups excluding carboxylic acids is 1. The lowest BCUT2D eigenvalue weighted by molar-refractivity contribution is -0.118. The Labute approximate surface area is 192 Å². The van der Waals surface area contributed by atoms with Crippen LogP contribution in [0, 0.1) is 0 Å². The first kappa shape index (κ1) is 22.6. The Bertz CT molecular complexity index is 1210. The van der Waals surface area contributed by atoms with Crippen LogP contribution in [-0.2, 0) is 14.8 Å². The zero-order valence-electron chi connectivity index (χ0n) is 17.8. The number of nitrogens with zero attached hydrogens (tertiary/aromatic N) is 1. The smallest absolute Gasteiger partial charge is 0.262 e. The van der Waals surface area contributed by atoms with E-state index in [2.05, 4.69) is 5.32 Å². The molecule has 1 amide bonds. The van der Waals surface area contributed by atoms with Crippen LogP contribution < -0.4 is 14.8 Å². The van der Waals surface area contributed by atoms with Crippen molar-refractivity contribution in [2.45, 2.75) is 17.7 Å². The third kappa shape index (κ3) is 5.63. The second-order valence-electron chi connectivity index (χ2n) is 7.51. The number of amides is 1. The van der Waals surface area contributed by atoms with Gasteiger partial charge in [-0.25, -0.2) is 8.42 Å². The molecule has 0 spiro atoms. The number of phenols is 1. The molecule has 0 aliphatic carbocycles. The van der Waals surface area contributed by atoms with Crippen molar-refractivity contribution in [2.24, 2.45) is 0 Å². The molecule has 33 heavy (non-hydrogen) atoms. The zero-order chi connectivity index (χ0) is 23.3. The van der Waals surface area contributed by atoms with Crippen LogP contribution in [0.5, 0.6) is 23.0 Å². The van der Waals surface area contributed by atoms with Crippen LogP contribution >= 0.6 is 0 Å². The van der Waals surface area contributed by atoms with Crippen LogP contribution in [0.25, 0.3) is 0 Å². The van der Waals surface area contributed by atoms with Gasteiger partial charge in [0.25, 0.3) is 5.91 Å². The first-order valence-corrected chi connectivity index (χ1v) is 11.9. The molecule has 3 aromatic carbocycles. The molecule has 0 atom stereocenters. The largest absolute Gasteiger partial charge is 0.506 e. The van der Waals surface area contributed by atoms with Crippen molar-refractivity contribution in [3.8, 4) is 23.0 Å². The third-order valence-electron chi connectivity index (χ3n) is 5.12. The molecule has 9 heteroatoms. The Hall–Kier alpha value is -3.56. The number of nitrogens with one attached hydrogen (secondary N) is 1. The van der Waals surface area contributed by atoms with Crippen molar-refractivity contribution in [1.29, 1.82) is 0 Å². The summed E-state index contributed by atoms with van der Waals surface area (Å²) in [4.78, 5) is 12.4. The number of carbonyl (C=O) groups is 1. The van der Waals surface area contributed by atoms with Crippen molar-refractivity contribution in [3.63, 3.8) is 0 Å². The Morgan fingerprint density at radius 2 is 1.55 bits per heavy atom. The molecule has 4 rings (SSSR count). The van der Waals surface area contributed by atoms with Crippen LogP contribution in [-0.4, -0.2) is 43.4 Å². The van der Waals surface area contributed by atoms with E-state index in [-0.39, 0.29) is 22.9 Å². The van der Waals surface area contributed by atoms with Gasteiger partial charge in [-0.2, -0.15) is 4.31 Å². The number of rotatable bonds is 8. The molecule has 1 heterocycles. The van der Waals surface area contributed by atoms with Gasteiger partial charge < -0.3 is 19.9 Å². The number of aromatic hydroxyl groups is 1. The minimum Gasteiger partial charge on any atom is -0.506 e. The van der Waals surface area contributed by atoms with Gasteiger partial charge >= 0.3 is 0 Å². The van der Waals surface area contributed by atoms with Gasteiger partial charge in [0.1, 0.15) is 23.0 Å². The highest BCUT2D eigenvalue weighted by Gasteiger charge is 2.28. The van der Waals surface area contributed by atoms with E-state index < -0.39 is 15.9 Å². The highest BCUT2D eigenvalue weighted by Crippen LogP contribution is 2.29. The van der Waals surface area contributed by atoms with Crippen molar-refractivity contribution in [1.82, 2.24) is 4.31 Å². The number of benzene rings is 3. The molecule has 3 aromatic rings. The Morgan fingerprint density at radius 1 is 0.909 bits per heavy atom. The molecule has 1 aliphatic heterocycles. The minimum atomic E-state index is -3.67. The number of sulfonamides is 1. The van der Waals surface area contributed by atoms with Gasteiger partial charge in [0, 0.05) is 13.1 Å². The third-order valence-corrected chi connectivity index (χ3v) is 7.01. The van der Waals surface area contributed by atoms with Crippen LogP contribution in [0.1, 0.15) is 12.8 Å². The summed E-state index contributed by atoms with van der Waals surface area (Å²) in [5.41, 5.74) is 0.00970. The summed E-state index contributed by atoms with van der Waals surface area (Å²) in [6.07, 6.45) is 1.63. The number of phenolic OH excluding ortho intramolecular Hbond substituents is 1. The average Bonchev–Trinajstić information content (AvgIpc) is 3.37. The van der Waals surface area contributed by atoms with E-state index >= 15 is 0 Å². The van der Waals surface area contributed by atoms with Crippen molar-refractivity contribution >= 4 is 21.6 Å². The number of anilines is 1. The van der Waals surface area contributed by atoms with Crippen LogP contribution in [0.3, 0.4) is 0 Å². The number of para-hydroxylation sites is 1. The molecule has 0 radical (unpaired) electrons. The summed E-state index contributed by atoms with van der Waals surface area (Å²) in [5, 5.41) is 12.6. The van der Waals surface area contributed by atoms with E-state index in [0.717, 1.165) is 12.8 Å². The molecule has 1 aliphatic rings. The molecule has 172 valence electrons. The molecule has 0 aromatic heterocycles. The van der Waals surface area contributed by atoms with E-state index in [1.165, 1.54) is 22.5 Å². The summed E-state index contributed by atoms with van der Waals surface area (Å²) in [6.45, 7) is 0.614. The predicted molar refractivity (Wildman–Crippen MR) is 123 cm³/mol. The monoisotopic (exact) mass is 468 g/mol. The van der Waals surface area contributed by atoms with Crippen LogP contribution in [0.15, 0.2) is 77.7 Å². The number of hydrogen-bond acceptors (Lipinski definition) is 6. The fourth-order valence-corrected chi connectivity index (χ4v) is 4.96. The fraction of sp³-hybridized carbons (Fsp3) is 0.208. The van der Waals surface area contributed by atoms with Gasteiger partial charge in [-0.05, 0) is 67.4 Å². The van der Waals surface area contributed by atoms with E-state index in [0.29, 0.717) is 30.3 Å². The van der Waals surface area contributed by atoms with Gasteiger partial charge in [-0.1, -0.05) is 18.2 Å². The zero-order valence-corrected chi connectivity index (χ0v) is 18.6. The summed E-state index contributed by atoms with van der Waals surface area (Å²) in [7, 11) is -3.67. The minimum absolute atomic E-state index is 0.00970. The maximum absolute atomic E-state index is 12.7. The van der Waals surface area contributed by atoms with Gasteiger partial charge in [0.15, 0.2) is 6.61 Å². The SMILES string of the molecule is O=C(COc1ccc(Oc2ccccc2)cc1)Nc1cc(S(=O)(=O)N2CCCC2)ccc1O. The fourth-order valence-electron chi connectivity index (χ4n) is 3.42. The second kappa shape index (κ2) is 9.93. The molecule has 2 N–H and O–H groups in total. The van der Waals surface area contributed by atoms with Crippen molar-refractivity contribution in [3.05, 3.63) is 72.8 Å². The van der Waals surface area contributed by atoms with Gasteiger partial charge in [0.05, 0.1) is 10.6 Å². The summed E-state index contributed by atoms with van der Waals surface area (Å²) < 4.78 is 38.1. The Morgan fingerprint density at radius 3 is 2.24 bits per heavy atom. The van der Waals surface area contributed by atoms with Gasteiger partial charge in [-0.3, -0.25) is 4.79 Å². The highest BCUT2D eigenvalue weighted by atomic mass is 32.2. The van der Waals surface area contributed by atoms with Crippen LogP contribution in [0.4, 0.5) is 5.69 Å². The lowest BCUT2D eigenvalue weighted by Crippen LogP contribution is -2.28. The quantitative estimate of drug-likeness (QED) is 0.485. The highest BCUT2D eigenvalue weighted by molar-refractivity contribution is 7.89. The van der Waals surface area contributed by atoms with E-state index in [4.69, 9.17) is 9.47 Å². The Kier molecular flexibility index (Phi) is 6.81. The van der Waals surface area contributed by atoms with Crippen molar-refractivity contribution in [2.75, 3.05) is 25.0 Å². The molecular formula is C24H24N2O6S. The molecule has 0 bridgehead atoms. The molecule has 1 fully saturated rings. The normalized spacial score (nSPS) is 14.1. The van der Waals surface area contributed by atoms with E-state index in [1.807, 2.05) is 30.3 Å². The van der Waals surface area contributed by atoms with Crippen LogP contribution in [0.2, 0.25) is 0 Å². The summed E-state index contributed by atoms with van der Waals surface area (Å²) in [6, 6.07) is 20.0. The lowest BCUT2D eigenvalue weighted by atomic mass is 10.3. The lowest BCUT2D eigenvalue weighted by Gasteiger charge is -2.16. The molecule has 0 unspecified atom stereocenters. The van der Waals surface area contributed by atoms with Gasteiger partial charge in [0.2, 0.25) is 10.0 Å². The predicted octanol–water partition coefficient (Wildman–Crippen LogP) is 3.99. The number of hydrogen-bond donors (Lipinski definition) is 2. The molecule has 0 saturated carbocycles. The average molecular weight is 469 g/mol. The maximum atomic E-state index is 12.7. The molecule has 1 saturated heterocycles. The standard InChI is InChI=1S/C24H24N2O6S/c27-23-13-12-21(33(29,30)26-14-4-5-15-26)16-22(23)25-24(28)17-31-18-8-10-20(11-9-18)32-19-6-2-1-3-7-19/h1-3,6-13,16,27H,4-5,14-15,17H2,(H,25,28). The molecular weight excluding hydrogens is 444 g/mol. The second-order valence-corrected chi connectivity index (χ2v) is 9.45.